The number of aromatic nitrogens is 3. The summed E-state index contributed by atoms with van der Waals surface area (Å²) in [4.78, 5) is 8.54. The molecule has 0 amide bonds. The molecule has 0 aliphatic heterocycles. The Balaban J connectivity index is 1.76. The van der Waals surface area contributed by atoms with Gasteiger partial charge in [0.05, 0.1) is 12.2 Å². The van der Waals surface area contributed by atoms with Gasteiger partial charge in [-0.2, -0.15) is 4.98 Å². The molecule has 0 spiro atoms. The van der Waals surface area contributed by atoms with E-state index in [9.17, 15) is 0 Å². The Morgan fingerprint density at radius 2 is 2.19 bits per heavy atom. The van der Waals surface area contributed by atoms with Gasteiger partial charge in [-0.15, -0.1) is 0 Å². The fourth-order valence-corrected chi connectivity index (χ4v) is 2.54. The minimum absolute atomic E-state index is 0.166. The zero-order valence-corrected chi connectivity index (χ0v) is 12.4. The Kier molecular flexibility index (Phi) is 3.70. The van der Waals surface area contributed by atoms with E-state index in [0.29, 0.717) is 23.7 Å². The molecule has 0 saturated carbocycles. The maximum Gasteiger partial charge on any atom is 0.211 e. The first-order valence-electron chi connectivity index (χ1n) is 7.05. The Labute approximate surface area is 122 Å². The maximum absolute atomic E-state index is 5.67. The van der Waals surface area contributed by atoms with E-state index in [1.807, 2.05) is 26.0 Å². The highest BCUT2D eigenvalue weighted by Crippen LogP contribution is 2.24. The Morgan fingerprint density at radius 3 is 2.86 bits per heavy atom. The molecule has 0 aliphatic rings. The SMILES string of the molecule is CC[C@H](NCc1nc2ncccc2o1)c1c(C)noc1C. The van der Waals surface area contributed by atoms with Crippen LogP contribution >= 0.6 is 0 Å². The zero-order valence-electron chi connectivity index (χ0n) is 12.4. The molecule has 1 N–H and O–H groups in total. The standard InChI is InChI=1S/C15H18N4O2/c1-4-11(14-9(2)19-21-10(14)3)17-8-13-18-15-12(20-13)6-5-7-16-15/h5-7,11,17H,4,8H2,1-3H3/t11-/m0/s1. The summed E-state index contributed by atoms with van der Waals surface area (Å²) in [7, 11) is 0. The van der Waals surface area contributed by atoms with E-state index in [2.05, 4.69) is 27.4 Å². The number of hydrogen-bond acceptors (Lipinski definition) is 6. The molecule has 110 valence electrons. The molecule has 21 heavy (non-hydrogen) atoms. The summed E-state index contributed by atoms with van der Waals surface area (Å²) in [6.07, 6.45) is 2.64. The Morgan fingerprint density at radius 1 is 1.33 bits per heavy atom. The van der Waals surface area contributed by atoms with Crippen molar-refractivity contribution in [2.45, 2.75) is 39.8 Å². The summed E-state index contributed by atoms with van der Waals surface area (Å²) >= 11 is 0. The minimum atomic E-state index is 0.166. The van der Waals surface area contributed by atoms with Gasteiger partial charge in [0.15, 0.2) is 11.2 Å². The van der Waals surface area contributed by atoms with Gasteiger partial charge in [-0.3, -0.25) is 0 Å². The molecule has 3 rings (SSSR count). The van der Waals surface area contributed by atoms with E-state index in [4.69, 9.17) is 8.94 Å². The van der Waals surface area contributed by atoms with Crippen LogP contribution < -0.4 is 5.32 Å². The smallest absolute Gasteiger partial charge is 0.211 e. The number of oxazole rings is 1. The van der Waals surface area contributed by atoms with Crippen molar-refractivity contribution in [3.63, 3.8) is 0 Å². The molecular weight excluding hydrogens is 268 g/mol. The molecule has 0 radical (unpaired) electrons. The second-order valence-corrected chi connectivity index (χ2v) is 5.01. The first kappa shape index (κ1) is 13.8. The molecule has 3 aromatic rings. The molecule has 6 nitrogen and oxygen atoms in total. The number of pyridine rings is 1. The monoisotopic (exact) mass is 286 g/mol. The summed E-state index contributed by atoms with van der Waals surface area (Å²) in [6, 6.07) is 3.87. The highest BCUT2D eigenvalue weighted by molar-refractivity contribution is 5.66. The van der Waals surface area contributed by atoms with Gasteiger partial charge < -0.3 is 14.3 Å². The van der Waals surface area contributed by atoms with Crippen molar-refractivity contribution < 1.29 is 8.94 Å². The first-order chi connectivity index (χ1) is 10.2. The fourth-order valence-electron chi connectivity index (χ4n) is 2.54. The lowest BCUT2D eigenvalue weighted by Gasteiger charge is -2.15. The number of nitrogens with one attached hydrogen (secondary N) is 1. The van der Waals surface area contributed by atoms with Crippen LogP contribution in [0.25, 0.3) is 11.2 Å². The fraction of sp³-hybridized carbons (Fsp3) is 0.400. The van der Waals surface area contributed by atoms with Gasteiger partial charge in [0, 0.05) is 17.8 Å². The lowest BCUT2D eigenvalue weighted by Crippen LogP contribution is -2.21. The third kappa shape index (κ3) is 2.67. The van der Waals surface area contributed by atoms with Gasteiger partial charge in [-0.05, 0) is 32.4 Å². The normalized spacial score (nSPS) is 12.9. The summed E-state index contributed by atoms with van der Waals surface area (Å²) in [5, 5.41) is 7.46. The van der Waals surface area contributed by atoms with Gasteiger partial charge in [0.2, 0.25) is 5.89 Å². The van der Waals surface area contributed by atoms with Crippen molar-refractivity contribution in [2.75, 3.05) is 0 Å². The van der Waals surface area contributed by atoms with Crippen LogP contribution in [0.5, 0.6) is 0 Å². The van der Waals surface area contributed by atoms with E-state index in [0.717, 1.165) is 23.4 Å². The zero-order chi connectivity index (χ0) is 14.8. The molecule has 0 aliphatic carbocycles. The van der Waals surface area contributed by atoms with Gasteiger partial charge >= 0.3 is 0 Å². The molecular formula is C15H18N4O2. The third-order valence-electron chi connectivity index (χ3n) is 3.55. The van der Waals surface area contributed by atoms with E-state index in [1.54, 1.807) is 6.20 Å². The largest absolute Gasteiger partial charge is 0.438 e. The van der Waals surface area contributed by atoms with Gasteiger partial charge in [0.1, 0.15) is 5.76 Å². The lowest BCUT2D eigenvalue weighted by atomic mass is 10.0. The number of rotatable bonds is 5. The summed E-state index contributed by atoms with van der Waals surface area (Å²) in [5.41, 5.74) is 3.39. The van der Waals surface area contributed by atoms with Crippen molar-refractivity contribution in [3.05, 3.63) is 41.2 Å². The lowest BCUT2D eigenvalue weighted by molar-refractivity contribution is 0.388. The molecule has 0 unspecified atom stereocenters. The van der Waals surface area contributed by atoms with Crippen LogP contribution in [0, 0.1) is 13.8 Å². The number of hydrogen-bond donors (Lipinski definition) is 1. The van der Waals surface area contributed by atoms with E-state index in [-0.39, 0.29) is 6.04 Å². The average molecular weight is 286 g/mol. The molecule has 0 fully saturated rings. The highest BCUT2D eigenvalue weighted by atomic mass is 16.5. The summed E-state index contributed by atoms with van der Waals surface area (Å²) in [6.45, 7) is 6.55. The second kappa shape index (κ2) is 5.65. The number of fused-ring (bicyclic) bond motifs is 1. The predicted molar refractivity (Wildman–Crippen MR) is 77.7 cm³/mol. The molecule has 0 bridgehead atoms. The maximum atomic E-state index is 5.67. The van der Waals surface area contributed by atoms with Crippen molar-refractivity contribution in [2.24, 2.45) is 0 Å². The van der Waals surface area contributed by atoms with Crippen LogP contribution in [-0.4, -0.2) is 15.1 Å². The minimum Gasteiger partial charge on any atom is -0.438 e. The van der Waals surface area contributed by atoms with Crippen molar-refractivity contribution in [1.82, 2.24) is 20.4 Å². The van der Waals surface area contributed by atoms with Crippen LogP contribution in [0.3, 0.4) is 0 Å². The van der Waals surface area contributed by atoms with Gasteiger partial charge in [0.25, 0.3) is 0 Å². The quantitative estimate of drug-likeness (QED) is 0.776. The van der Waals surface area contributed by atoms with E-state index < -0.39 is 0 Å². The van der Waals surface area contributed by atoms with Crippen molar-refractivity contribution in [3.8, 4) is 0 Å². The van der Waals surface area contributed by atoms with E-state index in [1.165, 1.54) is 0 Å². The molecule has 3 heterocycles. The average Bonchev–Trinajstić information content (AvgIpc) is 3.04. The molecule has 0 aromatic carbocycles. The third-order valence-corrected chi connectivity index (χ3v) is 3.55. The second-order valence-electron chi connectivity index (χ2n) is 5.01. The molecule has 3 aromatic heterocycles. The van der Waals surface area contributed by atoms with Crippen LogP contribution in [0.2, 0.25) is 0 Å². The number of nitrogens with zero attached hydrogens (tertiary/aromatic N) is 3. The van der Waals surface area contributed by atoms with E-state index >= 15 is 0 Å². The van der Waals surface area contributed by atoms with Crippen LogP contribution in [0.1, 0.15) is 42.3 Å². The molecule has 0 saturated heterocycles. The summed E-state index contributed by atoms with van der Waals surface area (Å²) < 4.78 is 10.9. The Hall–Kier alpha value is -2.21. The summed E-state index contributed by atoms with van der Waals surface area (Å²) in [5.74, 6) is 1.49. The van der Waals surface area contributed by atoms with Gasteiger partial charge in [-0.25, -0.2) is 4.98 Å². The van der Waals surface area contributed by atoms with Crippen molar-refractivity contribution >= 4 is 11.2 Å². The first-order valence-corrected chi connectivity index (χ1v) is 7.05. The van der Waals surface area contributed by atoms with Crippen LogP contribution in [-0.2, 0) is 6.54 Å². The van der Waals surface area contributed by atoms with Crippen molar-refractivity contribution in [1.29, 1.82) is 0 Å². The Bertz CT molecular complexity index is 695. The number of aryl methyl sites for hydroxylation is 2. The topological polar surface area (TPSA) is 77.0 Å². The molecule has 6 heteroatoms. The highest BCUT2D eigenvalue weighted by Gasteiger charge is 2.19. The molecule has 1 atom stereocenters. The van der Waals surface area contributed by atoms with Gasteiger partial charge in [-0.1, -0.05) is 12.1 Å². The predicted octanol–water partition coefficient (Wildman–Crippen LogP) is 3.07. The van der Waals surface area contributed by atoms with Crippen LogP contribution in [0.15, 0.2) is 27.3 Å². The van der Waals surface area contributed by atoms with Crippen LogP contribution in [0.4, 0.5) is 0 Å².